The number of benzene rings is 3. The van der Waals surface area contributed by atoms with Crippen molar-refractivity contribution >= 4 is 6.03 Å². The fourth-order valence-corrected chi connectivity index (χ4v) is 2.94. The first kappa shape index (κ1) is 20.2. The van der Waals surface area contributed by atoms with Gasteiger partial charge >= 0.3 is 6.03 Å². The minimum absolute atomic E-state index is 0.229. The number of carbonyl (C=O) groups is 1. The Morgan fingerprint density at radius 3 is 2.31 bits per heavy atom. The molecule has 5 nitrogen and oxygen atoms in total. The van der Waals surface area contributed by atoms with E-state index in [1.807, 2.05) is 36.4 Å². The van der Waals surface area contributed by atoms with Crippen LogP contribution < -0.4 is 10.1 Å². The molecule has 3 aromatic rings. The molecule has 150 valence electrons. The zero-order valence-corrected chi connectivity index (χ0v) is 16.1. The quantitative estimate of drug-likeness (QED) is 0.624. The Labute approximate surface area is 169 Å². The summed E-state index contributed by atoms with van der Waals surface area (Å²) in [5.41, 5.74) is 2.72. The molecular formula is C23H23FN2O3. The van der Waals surface area contributed by atoms with Gasteiger partial charge in [-0.3, -0.25) is 0 Å². The number of phenolic OH excluding ortho intramolecular Hbond substituents is 1. The fourth-order valence-electron chi connectivity index (χ4n) is 2.94. The first-order valence-electron chi connectivity index (χ1n) is 9.28. The molecule has 0 atom stereocenters. The number of urea groups is 1. The molecule has 0 unspecified atom stereocenters. The third-order valence-corrected chi connectivity index (χ3v) is 4.45. The van der Waals surface area contributed by atoms with E-state index in [2.05, 4.69) is 5.32 Å². The zero-order valence-electron chi connectivity index (χ0n) is 16.1. The van der Waals surface area contributed by atoms with Crippen LogP contribution in [0.4, 0.5) is 9.18 Å². The number of nitrogens with zero attached hydrogens (tertiary/aromatic N) is 1. The summed E-state index contributed by atoms with van der Waals surface area (Å²) < 4.78 is 19.2. The average Bonchev–Trinajstić information content (AvgIpc) is 2.73. The van der Waals surface area contributed by atoms with Gasteiger partial charge < -0.3 is 20.1 Å². The second kappa shape index (κ2) is 9.59. The molecule has 3 aromatic carbocycles. The molecule has 29 heavy (non-hydrogen) atoms. The van der Waals surface area contributed by atoms with Gasteiger partial charge in [-0.2, -0.15) is 0 Å². The highest BCUT2D eigenvalue weighted by Crippen LogP contribution is 2.24. The Balaban J connectivity index is 1.57. The van der Waals surface area contributed by atoms with Gasteiger partial charge in [0.2, 0.25) is 0 Å². The SMILES string of the molecule is CNC(=O)N(CCOc1ccc(-c2ccc(O)cc2)cc1)Cc1cccc(F)c1. The Morgan fingerprint density at radius 2 is 1.69 bits per heavy atom. The predicted molar refractivity (Wildman–Crippen MR) is 110 cm³/mol. The average molecular weight is 394 g/mol. The summed E-state index contributed by atoms with van der Waals surface area (Å²) in [6, 6.07) is 20.5. The van der Waals surface area contributed by atoms with Crippen molar-refractivity contribution in [2.75, 3.05) is 20.2 Å². The largest absolute Gasteiger partial charge is 0.508 e. The Bertz CT molecular complexity index is 943. The number of phenols is 1. The summed E-state index contributed by atoms with van der Waals surface area (Å²) in [6.07, 6.45) is 0. The van der Waals surface area contributed by atoms with Crippen molar-refractivity contribution in [3.63, 3.8) is 0 Å². The monoisotopic (exact) mass is 394 g/mol. The molecule has 2 N–H and O–H groups in total. The van der Waals surface area contributed by atoms with Crippen LogP contribution in [0.3, 0.4) is 0 Å². The number of aromatic hydroxyl groups is 1. The molecule has 0 fully saturated rings. The second-order valence-electron chi connectivity index (χ2n) is 6.53. The van der Waals surface area contributed by atoms with Gasteiger partial charge in [-0.1, -0.05) is 36.4 Å². The van der Waals surface area contributed by atoms with Gasteiger partial charge in [0.25, 0.3) is 0 Å². The maximum atomic E-state index is 13.4. The van der Waals surface area contributed by atoms with Crippen molar-refractivity contribution in [2.45, 2.75) is 6.54 Å². The summed E-state index contributed by atoms with van der Waals surface area (Å²) in [4.78, 5) is 13.7. The smallest absolute Gasteiger partial charge is 0.317 e. The molecule has 0 saturated carbocycles. The number of hydrogen-bond acceptors (Lipinski definition) is 3. The van der Waals surface area contributed by atoms with Crippen LogP contribution in [0.15, 0.2) is 72.8 Å². The number of halogens is 1. The van der Waals surface area contributed by atoms with E-state index in [-0.39, 0.29) is 17.6 Å². The Kier molecular flexibility index (Phi) is 6.68. The van der Waals surface area contributed by atoms with Crippen LogP contribution in [0.1, 0.15) is 5.56 Å². The molecule has 0 bridgehead atoms. The van der Waals surface area contributed by atoms with Crippen LogP contribution in [0, 0.1) is 5.82 Å². The molecule has 3 rings (SSSR count). The van der Waals surface area contributed by atoms with Crippen LogP contribution in [0.25, 0.3) is 11.1 Å². The third-order valence-electron chi connectivity index (χ3n) is 4.45. The highest BCUT2D eigenvalue weighted by molar-refractivity contribution is 5.73. The first-order valence-corrected chi connectivity index (χ1v) is 9.28. The Morgan fingerprint density at radius 1 is 1.03 bits per heavy atom. The first-order chi connectivity index (χ1) is 14.0. The van der Waals surface area contributed by atoms with Crippen molar-refractivity contribution in [1.82, 2.24) is 10.2 Å². The molecular weight excluding hydrogens is 371 g/mol. The number of ether oxygens (including phenoxy) is 1. The van der Waals surface area contributed by atoms with E-state index < -0.39 is 0 Å². The normalized spacial score (nSPS) is 10.4. The molecule has 0 aromatic heterocycles. The van der Waals surface area contributed by atoms with E-state index in [1.165, 1.54) is 12.1 Å². The van der Waals surface area contributed by atoms with Crippen molar-refractivity contribution in [2.24, 2.45) is 0 Å². The summed E-state index contributed by atoms with van der Waals surface area (Å²) in [6.45, 7) is 0.956. The summed E-state index contributed by atoms with van der Waals surface area (Å²) in [5, 5.41) is 12.0. The molecule has 0 aliphatic carbocycles. The van der Waals surface area contributed by atoms with Crippen LogP contribution in [-0.4, -0.2) is 36.2 Å². The van der Waals surface area contributed by atoms with Crippen LogP contribution >= 0.6 is 0 Å². The van der Waals surface area contributed by atoms with Crippen LogP contribution in [0.2, 0.25) is 0 Å². The van der Waals surface area contributed by atoms with E-state index in [0.29, 0.717) is 31.0 Å². The van der Waals surface area contributed by atoms with Crippen LogP contribution in [-0.2, 0) is 6.54 Å². The minimum atomic E-state index is -0.329. The van der Waals surface area contributed by atoms with Crippen molar-refractivity contribution in [1.29, 1.82) is 0 Å². The van der Waals surface area contributed by atoms with E-state index in [0.717, 1.165) is 11.1 Å². The number of carbonyl (C=O) groups excluding carboxylic acids is 1. The number of rotatable bonds is 7. The lowest BCUT2D eigenvalue weighted by atomic mass is 10.1. The topological polar surface area (TPSA) is 61.8 Å². The fraction of sp³-hybridized carbons (Fsp3) is 0.174. The summed E-state index contributed by atoms with van der Waals surface area (Å²) >= 11 is 0. The summed E-state index contributed by atoms with van der Waals surface area (Å²) in [5.74, 6) is 0.590. The third kappa shape index (κ3) is 5.72. The molecule has 0 heterocycles. The van der Waals surface area contributed by atoms with E-state index in [4.69, 9.17) is 4.74 Å². The van der Waals surface area contributed by atoms with E-state index in [9.17, 15) is 14.3 Å². The van der Waals surface area contributed by atoms with Gasteiger partial charge in [-0.25, -0.2) is 9.18 Å². The molecule has 2 amide bonds. The highest BCUT2D eigenvalue weighted by Gasteiger charge is 2.13. The van der Waals surface area contributed by atoms with Gasteiger partial charge in [0, 0.05) is 13.6 Å². The Hall–Kier alpha value is -3.54. The van der Waals surface area contributed by atoms with E-state index >= 15 is 0 Å². The van der Waals surface area contributed by atoms with E-state index in [1.54, 1.807) is 36.2 Å². The maximum absolute atomic E-state index is 13.4. The minimum Gasteiger partial charge on any atom is -0.508 e. The highest BCUT2D eigenvalue weighted by atomic mass is 19.1. The lowest BCUT2D eigenvalue weighted by Gasteiger charge is -2.22. The number of hydrogen-bond donors (Lipinski definition) is 2. The molecule has 0 aliphatic heterocycles. The van der Waals surface area contributed by atoms with Crippen LogP contribution in [0.5, 0.6) is 11.5 Å². The van der Waals surface area contributed by atoms with Gasteiger partial charge in [0.15, 0.2) is 0 Å². The summed E-state index contributed by atoms with van der Waals surface area (Å²) in [7, 11) is 1.56. The van der Waals surface area contributed by atoms with Crippen molar-refractivity contribution in [3.05, 3.63) is 84.2 Å². The van der Waals surface area contributed by atoms with Gasteiger partial charge in [-0.15, -0.1) is 0 Å². The van der Waals surface area contributed by atoms with Crippen molar-refractivity contribution < 1.29 is 19.0 Å². The number of nitrogens with one attached hydrogen (secondary N) is 1. The number of amides is 2. The standard InChI is InChI=1S/C23H23FN2O3/c1-25-23(28)26(16-17-3-2-4-20(24)15-17)13-14-29-22-11-7-19(8-12-22)18-5-9-21(27)10-6-18/h2-12,15,27H,13-14,16H2,1H3,(H,25,28). The molecule has 6 heteroatoms. The lowest BCUT2D eigenvalue weighted by Crippen LogP contribution is -2.40. The van der Waals surface area contributed by atoms with Gasteiger partial charge in [-0.05, 0) is 53.1 Å². The maximum Gasteiger partial charge on any atom is 0.317 e. The lowest BCUT2D eigenvalue weighted by molar-refractivity contribution is 0.181. The van der Waals surface area contributed by atoms with Gasteiger partial charge in [0.1, 0.15) is 23.9 Å². The van der Waals surface area contributed by atoms with Gasteiger partial charge in [0.05, 0.1) is 6.54 Å². The predicted octanol–water partition coefficient (Wildman–Crippen LogP) is 4.42. The zero-order chi connectivity index (χ0) is 20.6. The molecule has 0 aliphatic rings. The molecule has 0 radical (unpaired) electrons. The van der Waals surface area contributed by atoms with Crippen molar-refractivity contribution in [3.8, 4) is 22.6 Å². The molecule has 0 saturated heterocycles. The second-order valence-corrected chi connectivity index (χ2v) is 6.53. The molecule has 0 spiro atoms.